The fraction of sp³-hybridized carbons (Fsp3) is 0.429. The van der Waals surface area contributed by atoms with E-state index in [4.69, 9.17) is 0 Å². The molecule has 0 unspecified atom stereocenters. The Balaban J connectivity index is 2.43. The van der Waals surface area contributed by atoms with E-state index in [0.29, 0.717) is 13.0 Å². The molecule has 0 saturated heterocycles. The Morgan fingerprint density at radius 2 is 2.50 bits per heavy atom. The summed E-state index contributed by atoms with van der Waals surface area (Å²) in [6, 6.07) is 0. The van der Waals surface area contributed by atoms with Gasteiger partial charge in [0.2, 0.25) is 5.91 Å². The third-order valence-electron chi connectivity index (χ3n) is 1.37. The van der Waals surface area contributed by atoms with Gasteiger partial charge in [-0.25, -0.2) is 0 Å². The van der Waals surface area contributed by atoms with Gasteiger partial charge in [0.25, 0.3) is 0 Å². The minimum atomic E-state index is -0.0873. The van der Waals surface area contributed by atoms with Crippen molar-refractivity contribution in [2.45, 2.75) is 19.9 Å². The van der Waals surface area contributed by atoms with Gasteiger partial charge in [-0.1, -0.05) is 18.3 Å². The summed E-state index contributed by atoms with van der Waals surface area (Å²) in [5, 5.41) is 4.37. The van der Waals surface area contributed by atoms with Crippen LogP contribution in [0, 0.1) is 0 Å². The van der Waals surface area contributed by atoms with Crippen LogP contribution in [0.4, 0.5) is 0 Å². The molecule has 1 rings (SSSR count). The van der Waals surface area contributed by atoms with E-state index in [0.717, 1.165) is 17.0 Å². The third kappa shape index (κ3) is 2.50. The number of hydrogen-bond donors (Lipinski definition) is 2. The minimum Gasteiger partial charge on any atom is -0.351 e. The first-order chi connectivity index (χ1) is 5.72. The van der Waals surface area contributed by atoms with Gasteiger partial charge in [0.15, 0.2) is 0 Å². The Labute approximate surface area is 73.6 Å². The maximum absolute atomic E-state index is 10.8. The molecule has 0 aliphatic carbocycles. The lowest BCUT2D eigenvalue weighted by molar-refractivity contribution is -0.120. The van der Waals surface area contributed by atoms with Crippen LogP contribution in [-0.2, 0) is 11.3 Å². The molecule has 0 aliphatic rings. The number of carbonyl (C=O) groups is 1. The normalized spacial score (nSPS) is 9.75. The van der Waals surface area contributed by atoms with Gasteiger partial charge in [0, 0.05) is 17.5 Å². The van der Waals surface area contributed by atoms with Crippen LogP contribution in [0.5, 0.6) is 0 Å². The fourth-order valence-corrected chi connectivity index (χ4v) is 1.30. The first kappa shape index (κ1) is 8.99. The van der Waals surface area contributed by atoms with E-state index in [2.05, 4.69) is 10.3 Å². The summed E-state index contributed by atoms with van der Waals surface area (Å²) in [7, 11) is 0. The van der Waals surface area contributed by atoms with Crippen LogP contribution < -0.4 is 10.2 Å². The van der Waals surface area contributed by atoms with E-state index in [9.17, 15) is 9.59 Å². The molecule has 0 saturated carbocycles. The van der Waals surface area contributed by atoms with Crippen molar-refractivity contribution in [3.63, 3.8) is 0 Å². The molecular weight excluding hydrogens is 176 g/mol. The molecule has 0 radical (unpaired) electrons. The van der Waals surface area contributed by atoms with E-state index < -0.39 is 0 Å². The topological polar surface area (TPSA) is 62.0 Å². The summed E-state index contributed by atoms with van der Waals surface area (Å²) in [5.74, 6) is -0.0120. The van der Waals surface area contributed by atoms with Crippen molar-refractivity contribution < 1.29 is 4.79 Å². The van der Waals surface area contributed by atoms with Crippen LogP contribution in [0.3, 0.4) is 0 Å². The van der Waals surface area contributed by atoms with Crippen molar-refractivity contribution in [2.24, 2.45) is 0 Å². The van der Waals surface area contributed by atoms with Gasteiger partial charge in [-0.15, -0.1) is 0 Å². The second kappa shape index (κ2) is 4.06. The number of aromatic amines is 1. The maximum Gasteiger partial charge on any atom is 0.304 e. The highest BCUT2D eigenvalue weighted by molar-refractivity contribution is 7.07. The number of amides is 1. The van der Waals surface area contributed by atoms with Gasteiger partial charge in [0.1, 0.15) is 0 Å². The molecule has 1 aromatic rings. The summed E-state index contributed by atoms with van der Waals surface area (Å²) in [6.45, 7) is 2.19. The molecule has 0 bridgehead atoms. The van der Waals surface area contributed by atoms with Gasteiger partial charge in [-0.05, 0) is 0 Å². The maximum atomic E-state index is 10.8. The highest BCUT2D eigenvalue weighted by Gasteiger charge is 1.98. The number of nitrogens with one attached hydrogen (secondary N) is 2. The lowest BCUT2D eigenvalue weighted by atomic mass is 10.4. The molecule has 0 aromatic carbocycles. The van der Waals surface area contributed by atoms with Crippen molar-refractivity contribution >= 4 is 17.2 Å². The van der Waals surface area contributed by atoms with Gasteiger partial charge >= 0.3 is 4.87 Å². The summed E-state index contributed by atoms with van der Waals surface area (Å²) < 4.78 is 0. The zero-order valence-corrected chi connectivity index (χ0v) is 7.53. The quantitative estimate of drug-likeness (QED) is 0.720. The van der Waals surface area contributed by atoms with Crippen LogP contribution in [0.15, 0.2) is 10.2 Å². The van der Waals surface area contributed by atoms with E-state index in [-0.39, 0.29) is 10.8 Å². The van der Waals surface area contributed by atoms with Crippen molar-refractivity contribution in [2.75, 3.05) is 0 Å². The molecular formula is C7H10N2O2S. The Morgan fingerprint density at radius 3 is 3.00 bits per heavy atom. The number of carbonyl (C=O) groups excluding carboxylic acids is 1. The van der Waals surface area contributed by atoms with E-state index in [1.54, 1.807) is 12.3 Å². The predicted octanol–water partition coefficient (Wildman–Crippen LogP) is 0.463. The Bertz CT molecular complexity index is 315. The van der Waals surface area contributed by atoms with E-state index in [1.807, 2.05) is 0 Å². The standard InChI is InChI=1S/C7H10N2O2S/c1-2-6(10)8-3-5-4-12-7(11)9-5/h4H,2-3H2,1H3,(H,8,10)(H,9,11). The highest BCUT2D eigenvalue weighted by Crippen LogP contribution is 1.94. The third-order valence-corrected chi connectivity index (χ3v) is 2.09. The zero-order valence-electron chi connectivity index (χ0n) is 6.72. The predicted molar refractivity (Wildman–Crippen MR) is 47.1 cm³/mol. The fourth-order valence-electron chi connectivity index (χ4n) is 0.719. The first-order valence-corrected chi connectivity index (χ1v) is 4.53. The monoisotopic (exact) mass is 186 g/mol. The van der Waals surface area contributed by atoms with Crippen molar-refractivity contribution in [1.82, 2.24) is 10.3 Å². The molecule has 0 spiro atoms. The molecule has 1 amide bonds. The summed E-state index contributed by atoms with van der Waals surface area (Å²) >= 11 is 1.10. The highest BCUT2D eigenvalue weighted by atomic mass is 32.1. The molecule has 1 heterocycles. The Hall–Kier alpha value is -1.10. The smallest absolute Gasteiger partial charge is 0.304 e. The molecule has 12 heavy (non-hydrogen) atoms. The number of H-pyrrole nitrogens is 1. The van der Waals surface area contributed by atoms with Gasteiger partial charge in [-0.2, -0.15) is 0 Å². The largest absolute Gasteiger partial charge is 0.351 e. The summed E-state index contributed by atoms with van der Waals surface area (Å²) in [4.78, 5) is 24.0. The number of thiazole rings is 1. The molecule has 4 nitrogen and oxygen atoms in total. The van der Waals surface area contributed by atoms with E-state index >= 15 is 0 Å². The zero-order chi connectivity index (χ0) is 8.97. The molecule has 2 N–H and O–H groups in total. The molecule has 1 aromatic heterocycles. The number of aromatic nitrogens is 1. The molecule has 0 aliphatic heterocycles. The molecule has 0 atom stereocenters. The SMILES string of the molecule is CCC(=O)NCc1csc(=O)[nH]1. The summed E-state index contributed by atoms with van der Waals surface area (Å²) in [5.41, 5.74) is 0.756. The minimum absolute atomic E-state index is 0.0120. The first-order valence-electron chi connectivity index (χ1n) is 3.65. The average Bonchev–Trinajstić information content (AvgIpc) is 2.47. The van der Waals surface area contributed by atoms with Crippen LogP contribution in [-0.4, -0.2) is 10.9 Å². The molecule has 5 heteroatoms. The van der Waals surface area contributed by atoms with Crippen LogP contribution in [0.1, 0.15) is 19.0 Å². The van der Waals surface area contributed by atoms with Crippen molar-refractivity contribution in [3.8, 4) is 0 Å². The second-order valence-electron chi connectivity index (χ2n) is 2.30. The number of rotatable bonds is 3. The van der Waals surface area contributed by atoms with Crippen LogP contribution in [0.2, 0.25) is 0 Å². The summed E-state index contributed by atoms with van der Waals surface area (Å²) in [6.07, 6.45) is 0.467. The lowest BCUT2D eigenvalue weighted by Crippen LogP contribution is -2.21. The Kier molecular flexibility index (Phi) is 3.04. The average molecular weight is 186 g/mol. The second-order valence-corrected chi connectivity index (χ2v) is 3.15. The van der Waals surface area contributed by atoms with Crippen molar-refractivity contribution in [3.05, 3.63) is 20.7 Å². The van der Waals surface area contributed by atoms with Crippen LogP contribution >= 0.6 is 11.3 Å². The molecule has 66 valence electrons. The van der Waals surface area contributed by atoms with Gasteiger partial charge in [-0.3, -0.25) is 9.59 Å². The Morgan fingerprint density at radius 1 is 1.75 bits per heavy atom. The van der Waals surface area contributed by atoms with E-state index in [1.165, 1.54) is 0 Å². The molecule has 0 fully saturated rings. The van der Waals surface area contributed by atoms with Crippen molar-refractivity contribution in [1.29, 1.82) is 0 Å². The van der Waals surface area contributed by atoms with Crippen LogP contribution in [0.25, 0.3) is 0 Å². The lowest BCUT2D eigenvalue weighted by Gasteiger charge is -1.99. The van der Waals surface area contributed by atoms with Gasteiger partial charge in [0.05, 0.1) is 6.54 Å². The van der Waals surface area contributed by atoms with Gasteiger partial charge < -0.3 is 10.3 Å². The number of hydrogen-bond acceptors (Lipinski definition) is 3.